The quantitative estimate of drug-likeness (QED) is 0.168. The van der Waals surface area contributed by atoms with Gasteiger partial charge < -0.3 is 9.47 Å². The van der Waals surface area contributed by atoms with E-state index in [1.165, 1.54) is 23.1 Å². The molecule has 6 nitrogen and oxygen atoms in total. The fraction of sp³-hybridized carbons (Fsp3) is 0.261. The number of nitrogens with one attached hydrogen (secondary N) is 1. The first-order valence-corrected chi connectivity index (χ1v) is 13.2. The summed E-state index contributed by atoms with van der Waals surface area (Å²) in [5.74, 6) is 1.25. The predicted octanol–water partition coefficient (Wildman–Crippen LogP) is 6.65. The maximum Gasteiger partial charge on any atom is 0.250 e. The van der Waals surface area contributed by atoms with Crippen molar-refractivity contribution in [3.05, 3.63) is 56.8 Å². The Kier molecular flexibility index (Phi) is 9.61. The number of hydrogen-bond donors (Lipinski definition) is 1. The van der Waals surface area contributed by atoms with Crippen LogP contribution >= 0.6 is 50.6 Å². The molecule has 1 N–H and O–H groups in total. The number of carbonyl (C=O) groups excluding carboxylic acids is 1. The van der Waals surface area contributed by atoms with Crippen LogP contribution in [0.15, 0.2) is 55.7 Å². The number of halogens is 2. The van der Waals surface area contributed by atoms with Gasteiger partial charge in [0.1, 0.15) is 0 Å². The van der Waals surface area contributed by atoms with Crippen molar-refractivity contribution in [2.45, 2.75) is 31.2 Å². The highest BCUT2D eigenvalue weighted by molar-refractivity contribution is 9.10. The number of rotatable bonds is 10. The molecule has 0 radical (unpaired) electrons. The van der Waals surface area contributed by atoms with Gasteiger partial charge in [-0.05, 0) is 66.5 Å². The molecule has 3 aromatic rings. The molecule has 0 bridgehead atoms. The second-order valence-corrected chi connectivity index (χ2v) is 10.4. The molecule has 1 heterocycles. The summed E-state index contributed by atoms with van der Waals surface area (Å²) in [5, 5.41) is 6.71. The standard InChI is InChI=1S/C23H23BrClN3O3S2/c1-4-30-20-10-15(9-18(24)22(20)31-14(2)3)11-26-28-21(29)13-33-23-27-19(12-32-23)16-5-7-17(25)8-6-16/h5-12,14H,4,13H2,1-3H3,(H,28,29)/b26-11+. The highest BCUT2D eigenvalue weighted by atomic mass is 79.9. The van der Waals surface area contributed by atoms with Gasteiger partial charge in [-0.1, -0.05) is 35.5 Å². The van der Waals surface area contributed by atoms with Gasteiger partial charge in [0, 0.05) is 16.0 Å². The summed E-state index contributed by atoms with van der Waals surface area (Å²) >= 11 is 12.3. The molecular weight excluding hydrogens is 546 g/mol. The monoisotopic (exact) mass is 567 g/mol. The normalized spacial score (nSPS) is 11.2. The van der Waals surface area contributed by atoms with E-state index in [9.17, 15) is 4.79 Å². The van der Waals surface area contributed by atoms with E-state index in [-0.39, 0.29) is 17.8 Å². The van der Waals surface area contributed by atoms with E-state index in [4.69, 9.17) is 21.1 Å². The number of carbonyl (C=O) groups is 1. The van der Waals surface area contributed by atoms with Gasteiger partial charge >= 0.3 is 0 Å². The molecule has 0 saturated carbocycles. The summed E-state index contributed by atoms with van der Waals surface area (Å²) in [6.45, 7) is 6.32. The molecule has 0 aliphatic rings. The summed E-state index contributed by atoms with van der Waals surface area (Å²) in [6, 6.07) is 11.2. The summed E-state index contributed by atoms with van der Waals surface area (Å²) in [4.78, 5) is 16.8. The van der Waals surface area contributed by atoms with Gasteiger partial charge in [0.25, 0.3) is 5.91 Å². The van der Waals surface area contributed by atoms with E-state index < -0.39 is 0 Å². The van der Waals surface area contributed by atoms with E-state index >= 15 is 0 Å². The number of benzene rings is 2. The molecule has 0 fully saturated rings. The fourth-order valence-corrected chi connectivity index (χ4v) is 5.00. The molecule has 0 unspecified atom stereocenters. The van der Waals surface area contributed by atoms with Gasteiger partial charge in [-0.15, -0.1) is 11.3 Å². The Morgan fingerprint density at radius 2 is 2.09 bits per heavy atom. The largest absolute Gasteiger partial charge is 0.490 e. The third-order valence-electron chi connectivity index (χ3n) is 4.04. The highest BCUT2D eigenvalue weighted by Gasteiger charge is 2.13. The Balaban J connectivity index is 1.55. The number of aromatic nitrogens is 1. The highest BCUT2D eigenvalue weighted by Crippen LogP contribution is 2.37. The van der Waals surface area contributed by atoms with Crippen LogP contribution in [0, 0.1) is 0 Å². The van der Waals surface area contributed by atoms with E-state index in [0.29, 0.717) is 23.1 Å². The van der Waals surface area contributed by atoms with Crippen LogP contribution in [-0.2, 0) is 4.79 Å². The molecule has 1 aromatic heterocycles. The predicted molar refractivity (Wildman–Crippen MR) is 140 cm³/mol. The van der Waals surface area contributed by atoms with Crippen LogP contribution < -0.4 is 14.9 Å². The Labute approximate surface area is 214 Å². The van der Waals surface area contributed by atoms with Crippen molar-refractivity contribution in [1.82, 2.24) is 10.4 Å². The molecule has 0 aliphatic carbocycles. The Morgan fingerprint density at radius 1 is 1.33 bits per heavy atom. The minimum absolute atomic E-state index is 0.0110. The average molecular weight is 569 g/mol. The summed E-state index contributed by atoms with van der Waals surface area (Å²) < 4.78 is 13.1. The first-order valence-electron chi connectivity index (χ1n) is 10.1. The topological polar surface area (TPSA) is 72.8 Å². The average Bonchev–Trinajstić information content (AvgIpc) is 3.24. The fourth-order valence-electron chi connectivity index (χ4n) is 2.69. The van der Waals surface area contributed by atoms with Gasteiger partial charge in [-0.2, -0.15) is 5.10 Å². The molecule has 0 saturated heterocycles. The van der Waals surface area contributed by atoms with Crippen molar-refractivity contribution in [3.8, 4) is 22.8 Å². The zero-order valence-electron chi connectivity index (χ0n) is 18.3. The van der Waals surface area contributed by atoms with E-state index in [1.807, 2.05) is 62.5 Å². The van der Waals surface area contributed by atoms with Crippen molar-refractivity contribution in [1.29, 1.82) is 0 Å². The van der Waals surface area contributed by atoms with Crippen LogP contribution in [0.3, 0.4) is 0 Å². The molecular formula is C23H23BrClN3O3S2. The van der Waals surface area contributed by atoms with Crippen molar-refractivity contribution < 1.29 is 14.3 Å². The molecule has 0 aliphatic heterocycles. The minimum Gasteiger partial charge on any atom is -0.490 e. The minimum atomic E-state index is -0.219. The van der Waals surface area contributed by atoms with Crippen LogP contribution in [0.25, 0.3) is 11.3 Å². The molecule has 10 heteroatoms. The molecule has 33 heavy (non-hydrogen) atoms. The molecule has 2 aromatic carbocycles. The van der Waals surface area contributed by atoms with E-state index in [2.05, 4.69) is 31.4 Å². The second kappa shape index (κ2) is 12.4. The van der Waals surface area contributed by atoms with Gasteiger partial charge in [-0.3, -0.25) is 4.79 Å². The molecule has 3 rings (SSSR count). The zero-order valence-corrected chi connectivity index (χ0v) is 22.3. The van der Waals surface area contributed by atoms with Gasteiger partial charge in [0.2, 0.25) is 0 Å². The lowest BCUT2D eigenvalue weighted by atomic mass is 10.2. The zero-order chi connectivity index (χ0) is 23.8. The van der Waals surface area contributed by atoms with Crippen LogP contribution in [0.5, 0.6) is 11.5 Å². The molecule has 0 spiro atoms. The number of thioether (sulfide) groups is 1. The Bertz CT molecular complexity index is 1120. The lowest BCUT2D eigenvalue weighted by Gasteiger charge is -2.16. The van der Waals surface area contributed by atoms with Crippen LogP contribution in [0.1, 0.15) is 26.3 Å². The molecule has 0 atom stereocenters. The second-order valence-electron chi connectivity index (χ2n) is 7.02. The number of hydrogen-bond acceptors (Lipinski definition) is 7. The summed E-state index contributed by atoms with van der Waals surface area (Å²) in [5.41, 5.74) is 5.16. The lowest BCUT2D eigenvalue weighted by molar-refractivity contribution is -0.118. The third-order valence-corrected chi connectivity index (χ3v) is 6.90. The van der Waals surface area contributed by atoms with Crippen LogP contribution in [-0.4, -0.2) is 35.6 Å². The third kappa shape index (κ3) is 7.74. The Morgan fingerprint density at radius 3 is 2.79 bits per heavy atom. The summed E-state index contributed by atoms with van der Waals surface area (Å²) in [7, 11) is 0. The number of hydrazone groups is 1. The van der Waals surface area contributed by atoms with Crippen molar-refractivity contribution in [3.63, 3.8) is 0 Å². The van der Waals surface area contributed by atoms with Gasteiger partial charge in [0.15, 0.2) is 15.8 Å². The van der Waals surface area contributed by atoms with Crippen molar-refractivity contribution in [2.75, 3.05) is 12.4 Å². The van der Waals surface area contributed by atoms with Crippen LogP contribution in [0.4, 0.5) is 0 Å². The first kappa shape index (κ1) is 25.6. The van der Waals surface area contributed by atoms with Crippen molar-refractivity contribution in [2.24, 2.45) is 5.10 Å². The number of ether oxygens (including phenoxy) is 2. The van der Waals surface area contributed by atoms with Gasteiger partial charge in [0.05, 0.1) is 34.8 Å². The number of thiazole rings is 1. The van der Waals surface area contributed by atoms with Crippen molar-refractivity contribution >= 4 is 62.8 Å². The summed E-state index contributed by atoms with van der Waals surface area (Å²) in [6.07, 6.45) is 1.58. The SMILES string of the molecule is CCOc1cc(/C=N/NC(=O)CSc2nc(-c3ccc(Cl)cc3)cs2)cc(Br)c1OC(C)C. The van der Waals surface area contributed by atoms with E-state index in [1.54, 1.807) is 6.21 Å². The Hall–Kier alpha value is -2.07. The number of nitrogens with zero attached hydrogens (tertiary/aromatic N) is 2. The molecule has 1 amide bonds. The maximum absolute atomic E-state index is 12.2. The van der Waals surface area contributed by atoms with E-state index in [0.717, 1.165) is 25.6 Å². The first-order chi connectivity index (χ1) is 15.9. The smallest absolute Gasteiger partial charge is 0.250 e. The van der Waals surface area contributed by atoms with Crippen LogP contribution in [0.2, 0.25) is 5.02 Å². The maximum atomic E-state index is 12.2. The lowest BCUT2D eigenvalue weighted by Crippen LogP contribution is -2.19. The molecule has 174 valence electrons. The number of amides is 1. The van der Waals surface area contributed by atoms with Gasteiger partial charge in [-0.25, -0.2) is 10.4 Å².